The molecule has 102 valence electrons. The van der Waals surface area contributed by atoms with Crippen molar-refractivity contribution in [3.8, 4) is 0 Å². The molecule has 5 heteroatoms. The monoisotopic (exact) mass is 278 g/mol. The third-order valence-corrected chi connectivity index (χ3v) is 3.77. The second-order valence-electron chi connectivity index (χ2n) is 4.38. The summed E-state index contributed by atoms with van der Waals surface area (Å²) in [6, 6.07) is 4.20. The van der Waals surface area contributed by atoms with Crippen molar-refractivity contribution in [2.75, 3.05) is 11.9 Å². The average molecular weight is 278 g/mol. The summed E-state index contributed by atoms with van der Waals surface area (Å²) < 4.78 is 6.08. The molecule has 0 saturated heterocycles. The molecule has 19 heavy (non-hydrogen) atoms. The van der Waals surface area contributed by atoms with Crippen molar-refractivity contribution < 1.29 is 9.53 Å². The van der Waals surface area contributed by atoms with Crippen LogP contribution in [0.5, 0.6) is 0 Å². The number of fused-ring (bicyclic) bond motifs is 1. The predicted octanol–water partition coefficient (Wildman–Crippen LogP) is 3.44. The topological polar surface area (TPSA) is 51.2 Å². The maximum absolute atomic E-state index is 11.3. The second-order valence-corrected chi connectivity index (χ2v) is 5.30. The predicted molar refractivity (Wildman–Crippen MR) is 78.6 cm³/mol. The van der Waals surface area contributed by atoms with Gasteiger partial charge in [0, 0.05) is 18.7 Å². The van der Waals surface area contributed by atoms with Gasteiger partial charge >= 0.3 is 5.97 Å². The van der Waals surface area contributed by atoms with E-state index in [1.807, 2.05) is 24.4 Å². The summed E-state index contributed by atoms with van der Waals surface area (Å²) in [4.78, 5) is 15.6. The van der Waals surface area contributed by atoms with Gasteiger partial charge in [0.25, 0.3) is 0 Å². The van der Waals surface area contributed by atoms with Gasteiger partial charge in [0.2, 0.25) is 0 Å². The molecule has 2 rings (SSSR count). The van der Waals surface area contributed by atoms with E-state index in [-0.39, 0.29) is 12.0 Å². The van der Waals surface area contributed by atoms with Gasteiger partial charge in [0.15, 0.2) is 0 Å². The molecule has 0 saturated carbocycles. The molecule has 0 aliphatic heterocycles. The molecule has 1 atom stereocenters. The van der Waals surface area contributed by atoms with E-state index in [0.717, 1.165) is 22.3 Å². The van der Waals surface area contributed by atoms with Gasteiger partial charge in [0.05, 0.1) is 22.5 Å². The van der Waals surface area contributed by atoms with Crippen LogP contribution in [0.15, 0.2) is 23.7 Å². The third-order valence-electron chi connectivity index (χ3n) is 2.83. The average Bonchev–Trinajstić information content (AvgIpc) is 2.86. The summed E-state index contributed by atoms with van der Waals surface area (Å²) in [5.41, 5.74) is 2.09. The summed E-state index contributed by atoms with van der Waals surface area (Å²) in [7, 11) is 0. The van der Waals surface area contributed by atoms with E-state index in [2.05, 4.69) is 17.2 Å². The number of ether oxygens (including phenoxy) is 1. The van der Waals surface area contributed by atoms with E-state index in [0.29, 0.717) is 13.0 Å². The van der Waals surface area contributed by atoms with Crippen molar-refractivity contribution in [3.05, 3.63) is 23.7 Å². The van der Waals surface area contributed by atoms with E-state index in [1.54, 1.807) is 17.5 Å². The SMILES string of the molecule is CCOC(=O)CCC(C)Nc1ccnc2ccsc12. The number of rotatable bonds is 6. The number of anilines is 1. The summed E-state index contributed by atoms with van der Waals surface area (Å²) in [6.07, 6.45) is 3.00. The van der Waals surface area contributed by atoms with Crippen molar-refractivity contribution in [1.29, 1.82) is 0 Å². The first-order valence-corrected chi connectivity index (χ1v) is 7.33. The van der Waals surface area contributed by atoms with Gasteiger partial charge in [-0.25, -0.2) is 0 Å². The number of aromatic nitrogens is 1. The Balaban J connectivity index is 1.93. The van der Waals surface area contributed by atoms with Crippen LogP contribution in [0.1, 0.15) is 26.7 Å². The van der Waals surface area contributed by atoms with Crippen LogP contribution in [0.25, 0.3) is 10.2 Å². The van der Waals surface area contributed by atoms with Gasteiger partial charge in [-0.15, -0.1) is 11.3 Å². The fourth-order valence-corrected chi connectivity index (χ4v) is 2.72. The maximum Gasteiger partial charge on any atom is 0.305 e. The van der Waals surface area contributed by atoms with Gasteiger partial charge in [-0.2, -0.15) is 0 Å². The molecule has 2 aromatic rings. The van der Waals surface area contributed by atoms with Crippen LogP contribution in [-0.4, -0.2) is 23.6 Å². The van der Waals surface area contributed by atoms with E-state index >= 15 is 0 Å². The molecular formula is C14H18N2O2S. The molecule has 0 fully saturated rings. The molecular weight excluding hydrogens is 260 g/mol. The van der Waals surface area contributed by atoms with Crippen molar-refractivity contribution >= 4 is 33.2 Å². The number of esters is 1. The zero-order valence-corrected chi connectivity index (χ0v) is 12.0. The minimum atomic E-state index is -0.132. The van der Waals surface area contributed by atoms with Crippen LogP contribution in [0.2, 0.25) is 0 Å². The first-order chi connectivity index (χ1) is 9.20. The standard InChI is InChI=1S/C14H18N2O2S/c1-3-18-13(17)5-4-10(2)16-12-6-8-15-11-7-9-19-14(11)12/h6-10H,3-5H2,1-2H3,(H,15,16). The van der Waals surface area contributed by atoms with Crippen molar-refractivity contribution in [3.63, 3.8) is 0 Å². The van der Waals surface area contributed by atoms with E-state index in [9.17, 15) is 4.79 Å². The highest BCUT2D eigenvalue weighted by Gasteiger charge is 2.09. The highest BCUT2D eigenvalue weighted by atomic mass is 32.1. The van der Waals surface area contributed by atoms with Crippen LogP contribution in [-0.2, 0) is 9.53 Å². The van der Waals surface area contributed by atoms with Crippen LogP contribution in [0, 0.1) is 0 Å². The number of hydrogen-bond donors (Lipinski definition) is 1. The zero-order valence-electron chi connectivity index (χ0n) is 11.2. The van der Waals surface area contributed by atoms with Crippen molar-refractivity contribution in [1.82, 2.24) is 4.98 Å². The van der Waals surface area contributed by atoms with Crippen molar-refractivity contribution in [2.45, 2.75) is 32.7 Å². The molecule has 0 aliphatic rings. The van der Waals surface area contributed by atoms with Gasteiger partial charge in [-0.1, -0.05) is 0 Å². The number of thiophene rings is 1. The fourth-order valence-electron chi connectivity index (χ4n) is 1.89. The lowest BCUT2D eigenvalue weighted by atomic mass is 10.1. The lowest BCUT2D eigenvalue weighted by Gasteiger charge is -2.15. The second kappa shape index (κ2) is 6.52. The van der Waals surface area contributed by atoms with E-state index < -0.39 is 0 Å². The molecule has 0 amide bonds. The number of hydrogen-bond acceptors (Lipinski definition) is 5. The highest BCUT2D eigenvalue weighted by Crippen LogP contribution is 2.27. The molecule has 2 aromatic heterocycles. The molecule has 1 unspecified atom stereocenters. The summed E-state index contributed by atoms with van der Waals surface area (Å²) in [5.74, 6) is -0.132. The molecule has 1 N–H and O–H groups in total. The molecule has 0 aromatic carbocycles. The number of carbonyl (C=O) groups is 1. The Hall–Kier alpha value is -1.62. The minimum absolute atomic E-state index is 0.132. The summed E-state index contributed by atoms with van der Waals surface area (Å²) >= 11 is 1.67. The Morgan fingerprint density at radius 1 is 1.53 bits per heavy atom. The maximum atomic E-state index is 11.3. The number of pyridine rings is 1. The Morgan fingerprint density at radius 2 is 2.37 bits per heavy atom. The van der Waals surface area contributed by atoms with E-state index in [1.165, 1.54) is 0 Å². The molecule has 0 bridgehead atoms. The first-order valence-electron chi connectivity index (χ1n) is 6.45. The Bertz CT molecular complexity index is 553. The Kier molecular flexibility index (Phi) is 4.74. The quantitative estimate of drug-likeness (QED) is 0.822. The Morgan fingerprint density at radius 3 is 3.16 bits per heavy atom. The molecule has 0 aliphatic carbocycles. The van der Waals surface area contributed by atoms with Gasteiger partial charge in [-0.05, 0) is 37.8 Å². The summed E-state index contributed by atoms with van der Waals surface area (Å²) in [5, 5.41) is 5.46. The third kappa shape index (κ3) is 3.67. The number of nitrogens with one attached hydrogen (secondary N) is 1. The lowest BCUT2D eigenvalue weighted by molar-refractivity contribution is -0.143. The summed E-state index contributed by atoms with van der Waals surface area (Å²) in [6.45, 7) is 4.34. The van der Waals surface area contributed by atoms with Crippen LogP contribution in [0.3, 0.4) is 0 Å². The molecule has 0 radical (unpaired) electrons. The van der Waals surface area contributed by atoms with Crippen LogP contribution < -0.4 is 5.32 Å². The van der Waals surface area contributed by atoms with Crippen LogP contribution in [0.4, 0.5) is 5.69 Å². The number of carbonyl (C=O) groups excluding carboxylic acids is 1. The minimum Gasteiger partial charge on any atom is -0.466 e. The zero-order chi connectivity index (χ0) is 13.7. The highest BCUT2D eigenvalue weighted by molar-refractivity contribution is 7.17. The lowest BCUT2D eigenvalue weighted by Crippen LogP contribution is -2.17. The van der Waals surface area contributed by atoms with E-state index in [4.69, 9.17) is 4.74 Å². The molecule has 4 nitrogen and oxygen atoms in total. The first kappa shape index (κ1) is 13.8. The smallest absolute Gasteiger partial charge is 0.305 e. The van der Waals surface area contributed by atoms with Gasteiger partial charge < -0.3 is 10.1 Å². The van der Waals surface area contributed by atoms with Gasteiger partial charge in [-0.3, -0.25) is 9.78 Å². The van der Waals surface area contributed by atoms with Crippen LogP contribution >= 0.6 is 11.3 Å². The normalized spacial score (nSPS) is 12.3. The number of nitrogens with zero attached hydrogens (tertiary/aromatic N) is 1. The fraction of sp³-hybridized carbons (Fsp3) is 0.429. The largest absolute Gasteiger partial charge is 0.466 e. The van der Waals surface area contributed by atoms with Crippen molar-refractivity contribution in [2.24, 2.45) is 0 Å². The van der Waals surface area contributed by atoms with Gasteiger partial charge in [0.1, 0.15) is 0 Å². The Labute approximate surface area is 116 Å². The molecule has 2 heterocycles. The molecule has 0 spiro atoms.